The zero-order valence-corrected chi connectivity index (χ0v) is 17.6. The fraction of sp³-hybridized carbons (Fsp3) is 0.650. The first kappa shape index (κ1) is 22.9. The second-order valence-electron chi connectivity index (χ2n) is 6.45. The highest BCUT2D eigenvalue weighted by atomic mass is 16.5. The molecule has 0 fully saturated rings. The maximum Gasteiger partial charge on any atom is 0.203 e. The van der Waals surface area contributed by atoms with Gasteiger partial charge in [-0.15, -0.1) is 0 Å². The Labute approximate surface area is 163 Å². The molecular weight excluding hydrogens is 346 g/mol. The van der Waals surface area contributed by atoms with Gasteiger partial charge < -0.3 is 29.6 Å². The minimum Gasteiger partial charge on any atom is -0.493 e. The molecule has 1 rings (SSSR count). The Morgan fingerprint density at radius 1 is 1.00 bits per heavy atom. The molecule has 0 saturated carbocycles. The van der Waals surface area contributed by atoms with Gasteiger partial charge >= 0.3 is 0 Å². The predicted octanol–water partition coefficient (Wildman–Crippen LogP) is 2.83. The average molecular weight is 382 g/mol. The first-order valence-corrected chi connectivity index (χ1v) is 9.44. The minimum absolute atomic E-state index is 0.486. The summed E-state index contributed by atoms with van der Waals surface area (Å²) < 4.78 is 21.8. The molecule has 0 aliphatic rings. The molecule has 0 spiro atoms. The Morgan fingerprint density at radius 2 is 1.67 bits per heavy atom. The molecule has 0 aliphatic carbocycles. The lowest BCUT2D eigenvalue weighted by Crippen LogP contribution is -2.39. The maximum absolute atomic E-state index is 5.63. The summed E-state index contributed by atoms with van der Waals surface area (Å²) in [7, 11) is 4.80. The van der Waals surface area contributed by atoms with Crippen molar-refractivity contribution in [1.29, 1.82) is 0 Å². The van der Waals surface area contributed by atoms with Crippen molar-refractivity contribution < 1.29 is 18.9 Å². The number of guanidine groups is 1. The molecule has 0 unspecified atom stereocenters. The molecule has 0 saturated heterocycles. The largest absolute Gasteiger partial charge is 0.493 e. The van der Waals surface area contributed by atoms with Crippen LogP contribution in [0.5, 0.6) is 17.2 Å². The molecule has 7 nitrogen and oxygen atoms in total. The summed E-state index contributed by atoms with van der Waals surface area (Å²) in [6.45, 7) is 9.85. The highest BCUT2D eigenvalue weighted by molar-refractivity contribution is 5.79. The third kappa shape index (κ3) is 8.39. The topological polar surface area (TPSA) is 73.3 Å². The van der Waals surface area contributed by atoms with Gasteiger partial charge in [-0.25, -0.2) is 4.99 Å². The van der Waals surface area contributed by atoms with E-state index in [1.54, 1.807) is 21.3 Å². The van der Waals surface area contributed by atoms with Gasteiger partial charge in [0.1, 0.15) is 0 Å². The number of ether oxygens (including phenoxy) is 4. The molecular formula is C20H35N3O4. The molecule has 0 radical (unpaired) electrons. The van der Waals surface area contributed by atoms with Gasteiger partial charge in [-0.3, -0.25) is 0 Å². The Bertz CT molecular complexity index is 551. The summed E-state index contributed by atoms with van der Waals surface area (Å²) in [5, 5.41) is 6.52. The smallest absolute Gasteiger partial charge is 0.203 e. The van der Waals surface area contributed by atoms with Crippen LogP contribution in [0.25, 0.3) is 0 Å². The van der Waals surface area contributed by atoms with E-state index in [4.69, 9.17) is 18.9 Å². The van der Waals surface area contributed by atoms with Gasteiger partial charge in [-0.2, -0.15) is 0 Å². The fourth-order valence-corrected chi connectivity index (χ4v) is 2.40. The van der Waals surface area contributed by atoms with Crippen LogP contribution in [0.2, 0.25) is 0 Å². The van der Waals surface area contributed by atoms with E-state index in [2.05, 4.69) is 29.5 Å². The molecule has 0 bridgehead atoms. The van der Waals surface area contributed by atoms with Gasteiger partial charge in [0.15, 0.2) is 17.5 Å². The summed E-state index contributed by atoms with van der Waals surface area (Å²) in [5.74, 6) is 3.24. The number of nitrogens with one attached hydrogen (secondary N) is 2. The van der Waals surface area contributed by atoms with Gasteiger partial charge in [-0.05, 0) is 37.0 Å². The molecule has 0 heterocycles. The predicted molar refractivity (Wildman–Crippen MR) is 109 cm³/mol. The van der Waals surface area contributed by atoms with Crippen molar-refractivity contribution >= 4 is 5.96 Å². The van der Waals surface area contributed by atoms with Crippen LogP contribution in [0.15, 0.2) is 17.1 Å². The zero-order valence-electron chi connectivity index (χ0n) is 17.6. The van der Waals surface area contributed by atoms with Gasteiger partial charge in [0, 0.05) is 19.7 Å². The van der Waals surface area contributed by atoms with Crippen LogP contribution in [0.3, 0.4) is 0 Å². The lowest BCUT2D eigenvalue weighted by molar-refractivity contribution is 0.128. The number of rotatable bonds is 12. The number of benzene rings is 1. The van der Waals surface area contributed by atoms with E-state index in [0.717, 1.165) is 31.1 Å². The first-order chi connectivity index (χ1) is 13.0. The van der Waals surface area contributed by atoms with Gasteiger partial charge in [-0.1, -0.05) is 13.8 Å². The molecule has 0 aliphatic heterocycles. The molecule has 27 heavy (non-hydrogen) atoms. The molecule has 154 valence electrons. The lowest BCUT2D eigenvalue weighted by Gasteiger charge is -2.14. The van der Waals surface area contributed by atoms with E-state index >= 15 is 0 Å². The summed E-state index contributed by atoms with van der Waals surface area (Å²) in [6.07, 6.45) is 1.08. The van der Waals surface area contributed by atoms with E-state index in [1.807, 2.05) is 19.1 Å². The van der Waals surface area contributed by atoms with Crippen LogP contribution >= 0.6 is 0 Å². The van der Waals surface area contributed by atoms with E-state index in [9.17, 15) is 0 Å². The molecule has 0 amide bonds. The monoisotopic (exact) mass is 381 g/mol. The van der Waals surface area contributed by atoms with Crippen molar-refractivity contribution in [2.24, 2.45) is 10.9 Å². The lowest BCUT2D eigenvalue weighted by atomic mass is 10.1. The van der Waals surface area contributed by atoms with Gasteiger partial charge in [0.2, 0.25) is 5.75 Å². The number of hydrogen-bond donors (Lipinski definition) is 2. The molecule has 0 atom stereocenters. The van der Waals surface area contributed by atoms with Crippen LogP contribution in [-0.2, 0) is 11.3 Å². The average Bonchev–Trinajstić information content (AvgIpc) is 2.67. The van der Waals surface area contributed by atoms with Crippen molar-refractivity contribution in [3.63, 3.8) is 0 Å². The van der Waals surface area contributed by atoms with Crippen LogP contribution in [0.1, 0.15) is 32.8 Å². The summed E-state index contributed by atoms with van der Waals surface area (Å²) >= 11 is 0. The summed E-state index contributed by atoms with van der Waals surface area (Å²) in [5.41, 5.74) is 0.967. The van der Waals surface area contributed by atoms with Crippen LogP contribution < -0.4 is 24.8 Å². The Balaban J connectivity index is 2.66. The number of aliphatic imine (C=N–C) groups is 1. The van der Waals surface area contributed by atoms with Crippen molar-refractivity contribution in [2.45, 2.75) is 33.7 Å². The number of methoxy groups -OCH3 is 3. The fourth-order valence-electron chi connectivity index (χ4n) is 2.40. The van der Waals surface area contributed by atoms with E-state index in [-0.39, 0.29) is 0 Å². The maximum atomic E-state index is 5.63. The second-order valence-corrected chi connectivity index (χ2v) is 6.45. The first-order valence-electron chi connectivity index (χ1n) is 9.44. The molecule has 1 aromatic rings. The quantitative estimate of drug-likeness (QED) is 0.329. The van der Waals surface area contributed by atoms with E-state index in [1.165, 1.54) is 0 Å². The number of nitrogens with zero attached hydrogens (tertiary/aromatic N) is 1. The minimum atomic E-state index is 0.486. The van der Waals surface area contributed by atoms with E-state index in [0.29, 0.717) is 42.9 Å². The SMILES string of the molecule is CCNC(=NCc1cc(OC)c(OC)c(OC)c1)NCCOCCC(C)C. The standard InChI is InChI=1S/C20H35N3O4/c1-7-21-20(22-9-11-27-10-8-15(2)3)23-14-16-12-17(24-4)19(26-6)18(13-16)25-5/h12-13,15H,7-11,14H2,1-6H3,(H2,21,22,23). The molecule has 7 heteroatoms. The Kier molecular flexibility index (Phi) is 11.1. The third-order valence-electron chi connectivity index (χ3n) is 3.87. The van der Waals surface area contributed by atoms with Crippen molar-refractivity contribution in [3.8, 4) is 17.2 Å². The van der Waals surface area contributed by atoms with Crippen molar-refractivity contribution in [2.75, 3.05) is 47.6 Å². The van der Waals surface area contributed by atoms with Crippen LogP contribution in [-0.4, -0.2) is 53.6 Å². The van der Waals surface area contributed by atoms with Crippen molar-refractivity contribution in [1.82, 2.24) is 10.6 Å². The van der Waals surface area contributed by atoms with E-state index < -0.39 is 0 Å². The Hall–Kier alpha value is -2.15. The highest BCUT2D eigenvalue weighted by Crippen LogP contribution is 2.38. The third-order valence-corrected chi connectivity index (χ3v) is 3.87. The summed E-state index contributed by atoms with van der Waals surface area (Å²) in [6, 6.07) is 3.81. The molecule has 0 aromatic heterocycles. The van der Waals surface area contributed by atoms with Gasteiger partial charge in [0.25, 0.3) is 0 Å². The Morgan fingerprint density at radius 3 is 2.19 bits per heavy atom. The second kappa shape index (κ2) is 13.1. The van der Waals surface area contributed by atoms with Gasteiger partial charge in [0.05, 0.1) is 34.5 Å². The molecule has 1 aromatic carbocycles. The summed E-state index contributed by atoms with van der Waals surface area (Å²) in [4.78, 5) is 4.62. The normalized spacial score (nSPS) is 11.4. The van der Waals surface area contributed by atoms with Crippen LogP contribution in [0, 0.1) is 5.92 Å². The highest BCUT2D eigenvalue weighted by Gasteiger charge is 2.13. The zero-order chi connectivity index (χ0) is 20.1. The molecule has 2 N–H and O–H groups in total. The van der Waals surface area contributed by atoms with Crippen LogP contribution in [0.4, 0.5) is 0 Å². The number of hydrogen-bond acceptors (Lipinski definition) is 5. The van der Waals surface area contributed by atoms with Crippen molar-refractivity contribution in [3.05, 3.63) is 17.7 Å².